The first-order chi connectivity index (χ1) is 14.0. The summed E-state index contributed by atoms with van der Waals surface area (Å²) in [6.45, 7) is 6.65. The zero-order valence-electron chi connectivity index (χ0n) is 17.2. The Bertz CT molecular complexity index is 709. The van der Waals surface area contributed by atoms with E-state index in [2.05, 4.69) is 15.1 Å². The minimum absolute atomic E-state index is 0.0594. The molecule has 1 aromatic rings. The Morgan fingerprint density at radius 2 is 1.76 bits per heavy atom. The number of halogens is 1. The summed E-state index contributed by atoms with van der Waals surface area (Å²) >= 11 is 6.02. The maximum absolute atomic E-state index is 12.4. The van der Waals surface area contributed by atoms with Gasteiger partial charge in [-0.3, -0.25) is 14.5 Å². The van der Waals surface area contributed by atoms with Gasteiger partial charge in [0, 0.05) is 44.2 Å². The van der Waals surface area contributed by atoms with Crippen LogP contribution in [0.5, 0.6) is 5.75 Å². The molecule has 0 unspecified atom stereocenters. The van der Waals surface area contributed by atoms with Crippen molar-refractivity contribution in [2.24, 2.45) is 0 Å². The fraction of sp³-hybridized carbons (Fsp3) is 0.619. The predicted octanol–water partition coefficient (Wildman–Crippen LogP) is 2.31. The van der Waals surface area contributed by atoms with Gasteiger partial charge in [-0.25, -0.2) is 0 Å². The maximum Gasteiger partial charge on any atom is 0.236 e. The van der Waals surface area contributed by atoms with Crippen molar-refractivity contribution in [3.63, 3.8) is 0 Å². The molecule has 2 aliphatic rings. The quantitative estimate of drug-likeness (QED) is 0.730. The number of likely N-dealkylation sites (tertiary alicyclic amines) is 1. The maximum atomic E-state index is 12.4. The SMILES string of the molecule is COc1ccc(Cl)cc1NC(=O)CCN1CCCN(CC(=O)N2CCCC2)CC1. The van der Waals surface area contributed by atoms with Gasteiger partial charge < -0.3 is 19.9 Å². The summed E-state index contributed by atoms with van der Waals surface area (Å²) in [6.07, 6.45) is 3.67. The lowest BCUT2D eigenvalue weighted by atomic mass is 10.2. The molecule has 2 aliphatic heterocycles. The van der Waals surface area contributed by atoms with Crippen LogP contribution in [0.1, 0.15) is 25.7 Å². The van der Waals surface area contributed by atoms with Gasteiger partial charge in [0.1, 0.15) is 5.75 Å². The summed E-state index contributed by atoms with van der Waals surface area (Å²) < 4.78 is 5.27. The van der Waals surface area contributed by atoms with Crippen LogP contribution in [0.2, 0.25) is 5.02 Å². The molecule has 29 heavy (non-hydrogen) atoms. The first-order valence-corrected chi connectivity index (χ1v) is 10.8. The van der Waals surface area contributed by atoms with Crippen molar-refractivity contribution in [2.75, 3.05) is 64.8 Å². The Morgan fingerprint density at radius 3 is 2.52 bits per heavy atom. The van der Waals surface area contributed by atoms with Crippen LogP contribution in [0.25, 0.3) is 0 Å². The highest BCUT2D eigenvalue weighted by atomic mass is 35.5. The number of carbonyl (C=O) groups is 2. The van der Waals surface area contributed by atoms with Gasteiger partial charge in [0.2, 0.25) is 11.8 Å². The van der Waals surface area contributed by atoms with Crippen LogP contribution >= 0.6 is 11.6 Å². The minimum atomic E-state index is -0.0594. The largest absolute Gasteiger partial charge is 0.495 e. The Hall–Kier alpha value is -1.83. The number of anilines is 1. The highest BCUT2D eigenvalue weighted by Crippen LogP contribution is 2.27. The molecule has 2 saturated heterocycles. The molecule has 0 spiro atoms. The second kappa shape index (κ2) is 10.8. The molecule has 1 aromatic carbocycles. The molecule has 2 amide bonds. The summed E-state index contributed by atoms with van der Waals surface area (Å²) in [5, 5.41) is 3.44. The molecule has 8 heteroatoms. The van der Waals surface area contributed by atoms with Gasteiger partial charge in [-0.15, -0.1) is 0 Å². The molecule has 0 saturated carbocycles. The number of carbonyl (C=O) groups excluding carboxylic acids is 2. The standard InChI is InChI=1S/C21H31ClN4O3/c1-29-19-6-5-17(22)15-18(19)23-20(27)7-12-24-8-4-9-25(14-13-24)16-21(28)26-10-2-3-11-26/h5-6,15H,2-4,7-14,16H2,1H3,(H,23,27). The second-order valence-corrected chi connectivity index (χ2v) is 8.14. The van der Waals surface area contributed by atoms with E-state index in [0.29, 0.717) is 36.0 Å². The van der Waals surface area contributed by atoms with Crippen molar-refractivity contribution in [1.29, 1.82) is 0 Å². The lowest BCUT2D eigenvalue weighted by Gasteiger charge is -2.23. The molecular formula is C21H31ClN4O3. The number of rotatable bonds is 7. The Balaban J connectivity index is 1.41. The average molecular weight is 423 g/mol. The lowest BCUT2D eigenvalue weighted by molar-refractivity contribution is -0.131. The van der Waals surface area contributed by atoms with Crippen molar-refractivity contribution in [1.82, 2.24) is 14.7 Å². The van der Waals surface area contributed by atoms with Crippen LogP contribution in [0.4, 0.5) is 5.69 Å². The number of nitrogens with zero attached hydrogens (tertiary/aromatic N) is 3. The molecule has 3 rings (SSSR count). The van der Waals surface area contributed by atoms with Crippen LogP contribution in [-0.4, -0.2) is 86.0 Å². The zero-order valence-corrected chi connectivity index (χ0v) is 17.9. The van der Waals surface area contributed by atoms with E-state index in [1.807, 2.05) is 4.90 Å². The summed E-state index contributed by atoms with van der Waals surface area (Å²) in [4.78, 5) is 31.3. The number of methoxy groups -OCH3 is 1. The summed E-state index contributed by atoms with van der Waals surface area (Å²) in [5.41, 5.74) is 0.590. The summed E-state index contributed by atoms with van der Waals surface area (Å²) in [5.74, 6) is 0.789. The van der Waals surface area contributed by atoms with Crippen LogP contribution in [0, 0.1) is 0 Å². The number of benzene rings is 1. The molecule has 0 aromatic heterocycles. The van der Waals surface area contributed by atoms with Crippen molar-refractivity contribution < 1.29 is 14.3 Å². The van der Waals surface area contributed by atoms with E-state index in [9.17, 15) is 9.59 Å². The highest BCUT2D eigenvalue weighted by molar-refractivity contribution is 6.31. The molecule has 160 valence electrons. The average Bonchev–Trinajstić information content (AvgIpc) is 3.15. The van der Waals surface area contributed by atoms with Gasteiger partial charge in [0.25, 0.3) is 0 Å². The minimum Gasteiger partial charge on any atom is -0.495 e. The van der Waals surface area contributed by atoms with Crippen LogP contribution < -0.4 is 10.1 Å². The van der Waals surface area contributed by atoms with Crippen LogP contribution in [0.15, 0.2) is 18.2 Å². The molecule has 0 radical (unpaired) electrons. The fourth-order valence-corrected chi connectivity index (χ4v) is 4.09. The Labute approximate surface area is 177 Å². The smallest absolute Gasteiger partial charge is 0.236 e. The number of hydrogen-bond donors (Lipinski definition) is 1. The first kappa shape index (κ1) is 21.9. The third kappa shape index (κ3) is 6.59. The van der Waals surface area contributed by atoms with Crippen LogP contribution in [-0.2, 0) is 9.59 Å². The monoisotopic (exact) mass is 422 g/mol. The Kier molecular flexibility index (Phi) is 8.15. The molecule has 0 bridgehead atoms. The van der Waals surface area contributed by atoms with Crippen molar-refractivity contribution >= 4 is 29.1 Å². The van der Waals surface area contributed by atoms with Gasteiger partial charge in [0.15, 0.2) is 0 Å². The molecule has 2 heterocycles. The highest BCUT2D eigenvalue weighted by Gasteiger charge is 2.22. The van der Waals surface area contributed by atoms with Gasteiger partial charge in [0.05, 0.1) is 19.3 Å². The first-order valence-electron chi connectivity index (χ1n) is 10.4. The predicted molar refractivity (Wildman–Crippen MR) is 115 cm³/mol. The van der Waals surface area contributed by atoms with E-state index in [1.165, 1.54) is 0 Å². The topological polar surface area (TPSA) is 65.1 Å². The van der Waals surface area contributed by atoms with Gasteiger partial charge in [-0.05, 0) is 50.6 Å². The molecule has 1 N–H and O–H groups in total. The molecule has 2 fully saturated rings. The normalized spacial score (nSPS) is 18.5. The third-order valence-electron chi connectivity index (χ3n) is 5.59. The van der Waals surface area contributed by atoms with Gasteiger partial charge in [-0.1, -0.05) is 11.6 Å². The van der Waals surface area contributed by atoms with E-state index in [4.69, 9.17) is 16.3 Å². The van der Waals surface area contributed by atoms with E-state index in [0.717, 1.165) is 58.5 Å². The van der Waals surface area contributed by atoms with Crippen molar-refractivity contribution in [2.45, 2.75) is 25.7 Å². The summed E-state index contributed by atoms with van der Waals surface area (Å²) in [7, 11) is 1.57. The number of amides is 2. The lowest BCUT2D eigenvalue weighted by Crippen LogP contribution is -2.40. The summed E-state index contributed by atoms with van der Waals surface area (Å²) in [6, 6.07) is 5.16. The molecule has 7 nitrogen and oxygen atoms in total. The zero-order chi connectivity index (χ0) is 20.6. The second-order valence-electron chi connectivity index (χ2n) is 7.70. The van der Waals surface area contributed by atoms with E-state index >= 15 is 0 Å². The molecular weight excluding hydrogens is 392 g/mol. The third-order valence-corrected chi connectivity index (χ3v) is 5.82. The number of hydrogen-bond acceptors (Lipinski definition) is 5. The van der Waals surface area contributed by atoms with E-state index < -0.39 is 0 Å². The molecule has 0 atom stereocenters. The van der Waals surface area contributed by atoms with E-state index in [1.54, 1.807) is 25.3 Å². The number of nitrogens with one attached hydrogen (secondary N) is 1. The van der Waals surface area contributed by atoms with Gasteiger partial charge >= 0.3 is 0 Å². The van der Waals surface area contributed by atoms with Crippen molar-refractivity contribution in [3.8, 4) is 5.75 Å². The molecule has 0 aliphatic carbocycles. The van der Waals surface area contributed by atoms with Gasteiger partial charge in [-0.2, -0.15) is 0 Å². The fourth-order valence-electron chi connectivity index (χ4n) is 3.91. The van der Waals surface area contributed by atoms with Crippen LogP contribution in [0.3, 0.4) is 0 Å². The van der Waals surface area contributed by atoms with E-state index in [-0.39, 0.29) is 11.8 Å². The Morgan fingerprint density at radius 1 is 1.03 bits per heavy atom. The number of ether oxygens (including phenoxy) is 1. The van der Waals surface area contributed by atoms with Crippen molar-refractivity contribution in [3.05, 3.63) is 23.2 Å².